The van der Waals surface area contributed by atoms with Crippen LogP contribution in [0.15, 0.2) is 17.5 Å². The highest BCUT2D eigenvalue weighted by molar-refractivity contribution is 7.99. The van der Waals surface area contributed by atoms with Crippen LogP contribution in [0, 0.1) is 0 Å². The average molecular weight is 229 g/mol. The van der Waals surface area contributed by atoms with Gasteiger partial charge in [-0.2, -0.15) is 11.8 Å². The molecule has 14 heavy (non-hydrogen) atoms. The molecule has 2 N–H and O–H groups in total. The van der Waals surface area contributed by atoms with E-state index in [1.807, 2.05) is 11.8 Å². The molecule has 0 spiro atoms. The summed E-state index contributed by atoms with van der Waals surface area (Å²) < 4.78 is 0. The number of thioether (sulfide) groups is 1. The first kappa shape index (κ1) is 10.5. The molecule has 1 aromatic rings. The monoisotopic (exact) mass is 229 g/mol. The maximum absolute atomic E-state index is 9.37. The molecule has 1 aliphatic rings. The van der Waals surface area contributed by atoms with Crippen molar-refractivity contribution in [2.24, 2.45) is 0 Å². The minimum Gasteiger partial charge on any atom is -0.394 e. The summed E-state index contributed by atoms with van der Waals surface area (Å²) in [4.78, 5) is 1.34. The molecule has 1 fully saturated rings. The minimum atomic E-state index is -0.0192. The van der Waals surface area contributed by atoms with Crippen LogP contribution in [0.3, 0.4) is 0 Å². The van der Waals surface area contributed by atoms with Crippen molar-refractivity contribution in [1.82, 2.24) is 5.32 Å². The molecule has 1 aromatic heterocycles. The van der Waals surface area contributed by atoms with Gasteiger partial charge in [-0.3, -0.25) is 0 Å². The third-order valence-electron chi connectivity index (χ3n) is 2.62. The van der Waals surface area contributed by atoms with Crippen LogP contribution in [0.5, 0.6) is 0 Å². The Labute approximate surface area is 92.7 Å². The number of thiophene rings is 1. The molecule has 2 heterocycles. The maximum Gasteiger partial charge on any atom is 0.0621 e. The Morgan fingerprint density at radius 2 is 2.50 bits per heavy atom. The van der Waals surface area contributed by atoms with Crippen molar-refractivity contribution in [1.29, 1.82) is 0 Å². The molecule has 0 aliphatic carbocycles. The lowest BCUT2D eigenvalue weighted by Gasteiger charge is -2.26. The second kappa shape index (κ2) is 4.66. The summed E-state index contributed by atoms with van der Waals surface area (Å²) in [6.45, 7) is 1.14. The third kappa shape index (κ3) is 2.31. The van der Waals surface area contributed by atoms with Gasteiger partial charge in [0.25, 0.3) is 0 Å². The van der Waals surface area contributed by atoms with Crippen LogP contribution >= 0.6 is 23.1 Å². The summed E-state index contributed by atoms with van der Waals surface area (Å²) in [5.41, 5.74) is -0.0192. The molecule has 1 unspecified atom stereocenters. The summed E-state index contributed by atoms with van der Waals surface area (Å²) >= 11 is 3.69. The predicted molar refractivity (Wildman–Crippen MR) is 62.9 cm³/mol. The normalized spacial score (nSPS) is 26.9. The number of nitrogens with one attached hydrogen (secondary N) is 1. The van der Waals surface area contributed by atoms with Gasteiger partial charge in [0.15, 0.2) is 0 Å². The van der Waals surface area contributed by atoms with E-state index < -0.39 is 0 Å². The lowest BCUT2D eigenvalue weighted by Crippen LogP contribution is -2.48. The number of hydrogen-bond acceptors (Lipinski definition) is 4. The minimum absolute atomic E-state index is 0.0192. The van der Waals surface area contributed by atoms with Gasteiger partial charge in [-0.15, -0.1) is 11.3 Å². The summed E-state index contributed by atoms with van der Waals surface area (Å²) in [6.07, 6.45) is 1.08. The van der Waals surface area contributed by atoms with Crippen molar-refractivity contribution in [3.05, 3.63) is 22.4 Å². The first-order valence-electron chi connectivity index (χ1n) is 4.81. The van der Waals surface area contributed by atoms with Crippen molar-refractivity contribution in [2.45, 2.75) is 18.5 Å². The smallest absolute Gasteiger partial charge is 0.0621 e. The second-order valence-corrected chi connectivity index (χ2v) is 5.81. The molecule has 0 bridgehead atoms. The van der Waals surface area contributed by atoms with Crippen LogP contribution in [-0.4, -0.2) is 28.8 Å². The van der Waals surface area contributed by atoms with Crippen LogP contribution in [0.4, 0.5) is 0 Å². The molecule has 2 rings (SSSR count). The van der Waals surface area contributed by atoms with Crippen molar-refractivity contribution in [3.8, 4) is 0 Å². The molecule has 78 valence electrons. The topological polar surface area (TPSA) is 32.3 Å². The molecule has 0 aromatic carbocycles. The molecule has 0 radical (unpaired) electrons. The van der Waals surface area contributed by atoms with Crippen LogP contribution in [0.25, 0.3) is 0 Å². The van der Waals surface area contributed by atoms with Crippen LogP contribution in [-0.2, 0) is 6.54 Å². The standard InChI is InChI=1S/C10H15NOS2/c12-7-10(3-5-13-8-10)11-6-9-2-1-4-14-9/h1-2,4,11-12H,3,5-8H2. The Balaban J connectivity index is 1.89. The highest BCUT2D eigenvalue weighted by Gasteiger charge is 2.32. The lowest BCUT2D eigenvalue weighted by molar-refractivity contribution is 0.178. The van der Waals surface area contributed by atoms with Crippen molar-refractivity contribution >= 4 is 23.1 Å². The lowest BCUT2D eigenvalue weighted by atomic mass is 10.0. The van der Waals surface area contributed by atoms with E-state index in [1.54, 1.807) is 11.3 Å². The number of rotatable bonds is 4. The summed E-state index contributed by atoms with van der Waals surface area (Å²) in [6, 6.07) is 4.20. The van der Waals surface area contributed by atoms with Gasteiger partial charge in [0, 0.05) is 17.2 Å². The summed E-state index contributed by atoms with van der Waals surface area (Å²) in [5.74, 6) is 2.20. The van der Waals surface area contributed by atoms with Crippen LogP contribution < -0.4 is 5.32 Å². The van der Waals surface area contributed by atoms with Crippen LogP contribution in [0.1, 0.15) is 11.3 Å². The molecular formula is C10H15NOS2. The summed E-state index contributed by atoms with van der Waals surface area (Å²) in [5, 5.41) is 14.9. The van der Waals surface area contributed by atoms with E-state index in [2.05, 4.69) is 22.8 Å². The molecule has 1 atom stereocenters. The van der Waals surface area contributed by atoms with Gasteiger partial charge in [0.2, 0.25) is 0 Å². The highest BCUT2D eigenvalue weighted by atomic mass is 32.2. The quantitative estimate of drug-likeness (QED) is 0.824. The Kier molecular flexibility index (Phi) is 3.49. The Morgan fingerprint density at radius 3 is 3.07 bits per heavy atom. The second-order valence-electron chi connectivity index (χ2n) is 3.67. The fourth-order valence-electron chi connectivity index (χ4n) is 1.62. The Morgan fingerprint density at radius 1 is 1.57 bits per heavy atom. The zero-order chi connectivity index (χ0) is 9.86. The van der Waals surface area contributed by atoms with Gasteiger partial charge >= 0.3 is 0 Å². The Bertz CT molecular complexity index is 268. The number of aliphatic hydroxyl groups excluding tert-OH is 1. The molecule has 1 saturated heterocycles. The first-order chi connectivity index (χ1) is 6.85. The fourth-order valence-corrected chi connectivity index (χ4v) is 3.67. The van der Waals surface area contributed by atoms with Gasteiger partial charge in [-0.05, 0) is 23.6 Å². The molecule has 4 heteroatoms. The third-order valence-corrected chi connectivity index (χ3v) is 4.75. The van der Waals surface area contributed by atoms with E-state index in [0.29, 0.717) is 0 Å². The summed E-state index contributed by atoms with van der Waals surface area (Å²) in [7, 11) is 0. The number of aliphatic hydroxyl groups is 1. The molecule has 0 amide bonds. The van der Waals surface area contributed by atoms with E-state index in [1.165, 1.54) is 4.88 Å². The van der Waals surface area contributed by atoms with E-state index in [9.17, 15) is 5.11 Å². The molecule has 1 aliphatic heterocycles. The molecular weight excluding hydrogens is 214 g/mol. The van der Waals surface area contributed by atoms with Crippen molar-refractivity contribution in [3.63, 3.8) is 0 Å². The fraction of sp³-hybridized carbons (Fsp3) is 0.600. The Hall–Kier alpha value is -0.0300. The van der Waals surface area contributed by atoms with Gasteiger partial charge in [0.05, 0.1) is 12.1 Å². The zero-order valence-electron chi connectivity index (χ0n) is 8.03. The number of hydrogen-bond donors (Lipinski definition) is 2. The van der Waals surface area contributed by atoms with E-state index in [4.69, 9.17) is 0 Å². The largest absolute Gasteiger partial charge is 0.394 e. The van der Waals surface area contributed by atoms with Gasteiger partial charge in [0.1, 0.15) is 0 Å². The predicted octanol–water partition coefficient (Wildman–Crippen LogP) is 1.71. The van der Waals surface area contributed by atoms with Crippen molar-refractivity contribution in [2.75, 3.05) is 18.1 Å². The van der Waals surface area contributed by atoms with Crippen LogP contribution in [0.2, 0.25) is 0 Å². The first-order valence-corrected chi connectivity index (χ1v) is 6.84. The zero-order valence-corrected chi connectivity index (χ0v) is 9.66. The molecule has 0 saturated carbocycles. The van der Waals surface area contributed by atoms with E-state index in [-0.39, 0.29) is 12.1 Å². The highest BCUT2D eigenvalue weighted by Crippen LogP contribution is 2.28. The maximum atomic E-state index is 9.37. The van der Waals surface area contributed by atoms with E-state index in [0.717, 1.165) is 24.5 Å². The molecule has 2 nitrogen and oxygen atoms in total. The van der Waals surface area contributed by atoms with Gasteiger partial charge in [-0.25, -0.2) is 0 Å². The van der Waals surface area contributed by atoms with E-state index >= 15 is 0 Å². The van der Waals surface area contributed by atoms with Gasteiger partial charge in [-0.1, -0.05) is 6.07 Å². The SMILES string of the molecule is OCC1(NCc2cccs2)CCSC1. The van der Waals surface area contributed by atoms with Crippen molar-refractivity contribution < 1.29 is 5.11 Å². The van der Waals surface area contributed by atoms with Gasteiger partial charge < -0.3 is 10.4 Å². The average Bonchev–Trinajstić information content (AvgIpc) is 2.87.